The fraction of sp³-hybridized carbons (Fsp3) is 0.636. The summed E-state index contributed by atoms with van der Waals surface area (Å²) in [6, 6.07) is 0. The highest BCUT2D eigenvalue weighted by Crippen LogP contribution is 2.04. The fourth-order valence-corrected chi connectivity index (χ4v) is 0.343. The first-order valence-corrected chi connectivity index (χ1v) is 4.34. The summed E-state index contributed by atoms with van der Waals surface area (Å²) >= 11 is 0. The largest absolute Gasteiger partial charge is 0.392 e. The van der Waals surface area contributed by atoms with Gasteiger partial charge in [-0.15, -0.1) is 12.8 Å². The van der Waals surface area contributed by atoms with Crippen molar-refractivity contribution >= 4 is 0 Å². The molecule has 0 radical (unpaired) electrons. The van der Waals surface area contributed by atoms with E-state index in [1.165, 1.54) is 0 Å². The Labute approximate surface area is 106 Å². The number of aliphatic hydroxyl groups is 7. The van der Waals surface area contributed by atoms with Crippen LogP contribution in [0.15, 0.2) is 0 Å². The molecule has 0 rings (SSSR count). The molecule has 0 aliphatic heterocycles. The van der Waals surface area contributed by atoms with Gasteiger partial charge in [-0.2, -0.15) is 0 Å². The normalized spacial score (nSPS) is 13.2. The number of rotatable bonds is 4. The van der Waals surface area contributed by atoms with Crippen LogP contribution in [0.25, 0.3) is 0 Å². The highest BCUT2D eigenvalue weighted by Gasteiger charge is 2.31. The molecular weight excluding hydrogens is 244 g/mol. The summed E-state index contributed by atoms with van der Waals surface area (Å²) in [4.78, 5) is 0. The van der Waals surface area contributed by atoms with Gasteiger partial charge in [-0.3, -0.25) is 0 Å². The molecule has 0 bridgehead atoms. The molecule has 7 N–H and O–H groups in total. The lowest BCUT2D eigenvalue weighted by molar-refractivity contribution is -0.170. The lowest BCUT2D eigenvalue weighted by Crippen LogP contribution is -2.44. The molecule has 0 saturated heterocycles. The first kappa shape index (κ1) is 22.1. The van der Waals surface area contributed by atoms with Gasteiger partial charge in [0.2, 0.25) is 0 Å². The van der Waals surface area contributed by atoms with Crippen molar-refractivity contribution in [2.24, 2.45) is 0 Å². The van der Waals surface area contributed by atoms with Crippen molar-refractivity contribution in [2.75, 3.05) is 19.8 Å². The number of terminal acetylenes is 2. The van der Waals surface area contributed by atoms with Gasteiger partial charge in [-0.05, 0) is 0 Å². The fourth-order valence-electron chi connectivity index (χ4n) is 0.343. The number of hydrogen-bond acceptors (Lipinski definition) is 7. The molecule has 0 aliphatic rings. The lowest BCUT2D eigenvalue weighted by Gasteiger charge is -2.20. The molecule has 0 amide bonds. The van der Waals surface area contributed by atoms with Gasteiger partial charge in [-0.25, -0.2) is 0 Å². The van der Waals surface area contributed by atoms with E-state index in [-0.39, 0.29) is 7.43 Å². The Morgan fingerprint density at radius 3 is 1.28 bits per heavy atom. The quantitative estimate of drug-likeness (QED) is 0.207. The van der Waals surface area contributed by atoms with Crippen LogP contribution in [0.3, 0.4) is 0 Å². The molecular formula is C11H20O7. The number of aliphatic hydroxyl groups excluding tert-OH is 4. The summed E-state index contributed by atoms with van der Waals surface area (Å²) in [5.74, 6) is 3.47. The maximum absolute atomic E-state index is 8.72. The van der Waals surface area contributed by atoms with Crippen molar-refractivity contribution < 1.29 is 35.7 Å². The van der Waals surface area contributed by atoms with Gasteiger partial charge >= 0.3 is 0 Å². The molecule has 0 spiro atoms. The molecule has 0 unspecified atom stereocenters. The van der Waals surface area contributed by atoms with E-state index in [1.807, 2.05) is 5.92 Å². The smallest absolute Gasteiger partial charge is 0.199 e. The third-order valence-electron chi connectivity index (χ3n) is 1.71. The standard InChI is InChI=1S/C5H8O4.C5H8O3.CH4/c1-2-5(9,3-6)4(7)8;1-2-5(8,3-6)4-7;/h1,4,6-9H,3H2;1,6-8H,3-4H2;1H4/t5-;;/m1../s1. The second-order valence-corrected chi connectivity index (χ2v) is 3.09. The van der Waals surface area contributed by atoms with E-state index >= 15 is 0 Å². The Morgan fingerprint density at radius 1 is 0.889 bits per heavy atom. The lowest BCUT2D eigenvalue weighted by atomic mass is 10.1. The Morgan fingerprint density at radius 2 is 1.28 bits per heavy atom. The van der Waals surface area contributed by atoms with Crippen LogP contribution >= 0.6 is 0 Å². The van der Waals surface area contributed by atoms with Crippen LogP contribution in [0.4, 0.5) is 0 Å². The van der Waals surface area contributed by atoms with Gasteiger partial charge in [0.05, 0.1) is 19.8 Å². The third kappa shape index (κ3) is 7.22. The van der Waals surface area contributed by atoms with Gasteiger partial charge in [0.15, 0.2) is 17.5 Å². The summed E-state index contributed by atoms with van der Waals surface area (Å²) in [7, 11) is 0. The maximum Gasteiger partial charge on any atom is 0.199 e. The van der Waals surface area contributed by atoms with E-state index in [9.17, 15) is 0 Å². The van der Waals surface area contributed by atoms with Crippen molar-refractivity contribution in [1.82, 2.24) is 0 Å². The molecule has 18 heavy (non-hydrogen) atoms. The minimum atomic E-state index is -2.22. The van der Waals surface area contributed by atoms with Crippen molar-refractivity contribution in [3.63, 3.8) is 0 Å². The topological polar surface area (TPSA) is 142 Å². The Balaban J connectivity index is -0.000000238. The van der Waals surface area contributed by atoms with E-state index in [0.29, 0.717) is 0 Å². The molecule has 0 heterocycles. The minimum absolute atomic E-state index is 0. The summed E-state index contributed by atoms with van der Waals surface area (Å²) < 4.78 is 0. The van der Waals surface area contributed by atoms with Crippen molar-refractivity contribution in [3.05, 3.63) is 0 Å². The average Bonchev–Trinajstić information content (AvgIpc) is 2.37. The Bertz CT molecular complexity index is 285. The first-order chi connectivity index (χ1) is 7.75. The molecule has 0 aromatic rings. The van der Waals surface area contributed by atoms with E-state index in [4.69, 9.17) is 42.2 Å². The second kappa shape index (κ2) is 9.83. The Hall–Kier alpha value is -1.16. The molecule has 0 fully saturated rings. The summed E-state index contributed by atoms with van der Waals surface area (Å²) in [6.45, 7) is -2.10. The van der Waals surface area contributed by atoms with Crippen LogP contribution in [0.2, 0.25) is 0 Å². The van der Waals surface area contributed by atoms with E-state index < -0.39 is 37.3 Å². The van der Waals surface area contributed by atoms with Gasteiger partial charge in [0.25, 0.3) is 0 Å². The van der Waals surface area contributed by atoms with Crippen molar-refractivity contribution in [1.29, 1.82) is 0 Å². The van der Waals surface area contributed by atoms with Crippen LogP contribution in [0.5, 0.6) is 0 Å². The van der Waals surface area contributed by atoms with Gasteiger partial charge in [0, 0.05) is 0 Å². The zero-order valence-electron chi connectivity index (χ0n) is 8.98. The molecule has 0 aliphatic carbocycles. The molecule has 0 aromatic heterocycles. The van der Waals surface area contributed by atoms with Crippen molar-refractivity contribution in [3.8, 4) is 24.7 Å². The monoisotopic (exact) mass is 264 g/mol. The zero-order valence-corrected chi connectivity index (χ0v) is 8.98. The predicted octanol–water partition coefficient (Wildman–Crippen LogP) is -3.37. The van der Waals surface area contributed by atoms with Crippen LogP contribution in [-0.2, 0) is 0 Å². The maximum atomic E-state index is 8.72. The second-order valence-electron chi connectivity index (χ2n) is 3.09. The SMILES string of the molecule is C.C#CC(O)(CO)CO.C#C[C@@](O)(CO)C(O)O. The molecule has 7 nitrogen and oxygen atoms in total. The molecule has 106 valence electrons. The highest BCUT2D eigenvalue weighted by molar-refractivity contribution is 5.08. The summed E-state index contributed by atoms with van der Waals surface area (Å²) in [6.07, 6.45) is 7.24. The van der Waals surface area contributed by atoms with E-state index in [0.717, 1.165) is 0 Å². The van der Waals surface area contributed by atoms with Gasteiger partial charge in [0.1, 0.15) is 0 Å². The Kier molecular flexibility index (Phi) is 12.0. The van der Waals surface area contributed by atoms with Crippen LogP contribution in [0, 0.1) is 24.7 Å². The number of hydrogen-bond donors (Lipinski definition) is 7. The van der Waals surface area contributed by atoms with Crippen molar-refractivity contribution in [2.45, 2.75) is 24.9 Å². The summed E-state index contributed by atoms with van der Waals surface area (Å²) in [5.41, 5.74) is -3.96. The molecule has 7 heteroatoms. The minimum Gasteiger partial charge on any atom is -0.392 e. The van der Waals surface area contributed by atoms with Crippen LogP contribution < -0.4 is 0 Å². The third-order valence-corrected chi connectivity index (χ3v) is 1.71. The summed E-state index contributed by atoms with van der Waals surface area (Å²) in [5, 5.41) is 58.7. The van der Waals surface area contributed by atoms with Gasteiger partial charge in [-0.1, -0.05) is 19.3 Å². The first-order valence-electron chi connectivity index (χ1n) is 4.34. The van der Waals surface area contributed by atoms with E-state index in [1.54, 1.807) is 5.92 Å². The molecule has 0 aromatic carbocycles. The van der Waals surface area contributed by atoms with E-state index in [2.05, 4.69) is 6.42 Å². The van der Waals surface area contributed by atoms with Crippen LogP contribution in [-0.4, -0.2) is 73.1 Å². The predicted molar refractivity (Wildman–Crippen MR) is 63.8 cm³/mol. The van der Waals surface area contributed by atoms with Gasteiger partial charge < -0.3 is 35.7 Å². The zero-order chi connectivity index (χ0) is 14.1. The molecule has 1 atom stereocenters. The molecule has 0 saturated carbocycles. The van der Waals surface area contributed by atoms with Crippen LogP contribution in [0.1, 0.15) is 7.43 Å². The highest BCUT2D eigenvalue weighted by atomic mass is 16.5. The average molecular weight is 264 g/mol.